The highest BCUT2D eigenvalue weighted by Gasteiger charge is 2.29. The maximum absolute atomic E-state index is 13.3. The number of hydrogen-bond acceptors (Lipinski definition) is 3. The van der Waals surface area contributed by atoms with E-state index in [0.29, 0.717) is 39.1 Å². The van der Waals surface area contributed by atoms with Crippen LogP contribution in [0.25, 0.3) is 0 Å². The maximum atomic E-state index is 13.3. The van der Waals surface area contributed by atoms with Gasteiger partial charge in [0.1, 0.15) is 0 Å². The van der Waals surface area contributed by atoms with Crippen molar-refractivity contribution in [3.8, 4) is 5.75 Å². The first-order valence-electron chi connectivity index (χ1n) is 7.27. The first-order chi connectivity index (χ1) is 10.6. The van der Waals surface area contributed by atoms with Crippen LogP contribution in [-0.4, -0.2) is 43.1 Å². The second-order valence-corrected chi connectivity index (χ2v) is 5.20. The number of rotatable bonds is 6. The molecule has 2 rings (SSSR count). The summed E-state index contributed by atoms with van der Waals surface area (Å²) >= 11 is 0. The molecule has 0 radical (unpaired) electrons. The van der Waals surface area contributed by atoms with Crippen molar-refractivity contribution in [2.75, 3.05) is 26.2 Å². The lowest BCUT2D eigenvalue weighted by atomic mass is 10.1. The molecule has 1 aliphatic rings. The smallest absolute Gasteiger partial charge is 0.317 e. The Bertz CT molecular complexity index is 539. The Morgan fingerprint density at radius 1 is 1.41 bits per heavy atom. The van der Waals surface area contributed by atoms with E-state index in [-0.39, 0.29) is 23.6 Å². The predicted molar refractivity (Wildman–Crippen MR) is 78.8 cm³/mol. The largest absolute Gasteiger partial charge is 0.490 e. The molecule has 1 atom stereocenters. The molecule has 7 heteroatoms. The molecule has 0 bridgehead atoms. The van der Waals surface area contributed by atoms with Crippen LogP contribution in [0.4, 0.5) is 9.18 Å². The van der Waals surface area contributed by atoms with Gasteiger partial charge in [0.2, 0.25) is 5.91 Å². The maximum Gasteiger partial charge on any atom is 0.317 e. The summed E-state index contributed by atoms with van der Waals surface area (Å²) in [7, 11) is 0. The number of hydrogen-bond donors (Lipinski definition) is 2. The third kappa shape index (κ3) is 4.34. The van der Waals surface area contributed by atoms with E-state index in [1.165, 1.54) is 6.07 Å². The fourth-order valence-electron chi connectivity index (χ4n) is 2.30. The summed E-state index contributed by atoms with van der Waals surface area (Å²) in [6, 6.07) is 5.97. The van der Waals surface area contributed by atoms with Gasteiger partial charge in [0.05, 0.1) is 12.5 Å². The zero-order valence-electron chi connectivity index (χ0n) is 12.3. The Hall–Kier alpha value is -2.31. The first-order valence-corrected chi connectivity index (χ1v) is 7.27. The number of carbonyl (C=O) groups excluding carboxylic acids is 2. The van der Waals surface area contributed by atoms with Crippen molar-refractivity contribution in [2.24, 2.45) is 11.7 Å². The second kappa shape index (κ2) is 7.63. The summed E-state index contributed by atoms with van der Waals surface area (Å²) in [5.41, 5.74) is 5.22. The third-order valence-electron chi connectivity index (χ3n) is 3.57. The van der Waals surface area contributed by atoms with Crippen LogP contribution in [-0.2, 0) is 4.79 Å². The lowest BCUT2D eigenvalue weighted by Gasteiger charge is -2.16. The van der Waals surface area contributed by atoms with Crippen LogP contribution >= 0.6 is 0 Å². The molecule has 1 saturated heterocycles. The molecule has 3 amide bonds. The van der Waals surface area contributed by atoms with Crippen molar-refractivity contribution in [3.05, 3.63) is 30.1 Å². The van der Waals surface area contributed by atoms with Crippen molar-refractivity contribution in [3.63, 3.8) is 0 Å². The van der Waals surface area contributed by atoms with Gasteiger partial charge in [-0.2, -0.15) is 0 Å². The van der Waals surface area contributed by atoms with E-state index in [4.69, 9.17) is 10.5 Å². The van der Waals surface area contributed by atoms with Gasteiger partial charge in [-0.25, -0.2) is 9.18 Å². The van der Waals surface area contributed by atoms with Gasteiger partial charge in [-0.15, -0.1) is 0 Å². The van der Waals surface area contributed by atoms with E-state index in [1.54, 1.807) is 23.1 Å². The predicted octanol–water partition coefficient (Wildman–Crippen LogP) is 1.11. The number of nitrogens with two attached hydrogens (primary N) is 1. The van der Waals surface area contributed by atoms with E-state index in [0.717, 1.165) is 0 Å². The van der Waals surface area contributed by atoms with Gasteiger partial charge >= 0.3 is 6.03 Å². The number of amides is 3. The SMILES string of the molecule is NC(=O)[C@H]1CCN(C(=O)NCCCOc2ccccc2F)C1. The number of urea groups is 1. The van der Waals surface area contributed by atoms with Crippen molar-refractivity contribution >= 4 is 11.9 Å². The van der Waals surface area contributed by atoms with E-state index >= 15 is 0 Å². The molecule has 1 heterocycles. The standard InChI is InChI=1S/C15H20FN3O3/c16-12-4-1-2-5-13(12)22-9-3-7-18-15(21)19-8-6-11(10-19)14(17)20/h1-2,4-5,11H,3,6-10H2,(H2,17,20)(H,18,21)/t11-/m0/s1. The van der Waals surface area contributed by atoms with Gasteiger partial charge in [-0.05, 0) is 25.0 Å². The Morgan fingerprint density at radius 3 is 2.86 bits per heavy atom. The Morgan fingerprint density at radius 2 is 2.18 bits per heavy atom. The molecule has 22 heavy (non-hydrogen) atoms. The van der Waals surface area contributed by atoms with Crippen molar-refractivity contribution in [1.82, 2.24) is 10.2 Å². The molecule has 0 unspecified atom stereocenters. The zero-order chi connectivity index (χ0) is 15.9. The summed E-state index contributed by atoms with van der Waals surface area (Å²) in [6.07, 6.45) is 1.17. The molecule has 1 aliphatic heterocycles. The first kappa shape index (κ1) is 16.1. The summed E-state index contributed by atoms with van der Waals surface area (Å²) in [4.78, 5) is 24.5. The number of primary amides is 1. The molecule has 1 fully saturated rings. The quantitative estimate of drug-likeness (QED) is 0.772. The van der Waals surface area contributed by atoms with Crippen LogP contribution < -0.4 is 15.8 Å². The molecular weight excluding hydrogens is 289 g/mol. The number of halogens is 1. The second-order valence-electron chi connectivity index (χ2n) is 5.20. The van der Waals surface area contributed by atoms with Crippen LogP contribution in [0, 0.1) is 11.7 Å². The molecule has 0 aromatic heterocycles. The number of carbonyl (C=O) groups is 2. The van der Waals surface area contributed by atoms with Crippen LogP contribution in [0.3, 0.4) is 0 Å². The van der Waals surface area contributed by atoms with Crippen molar-refractivity contribution in [2.45, 2.75) is 12.8 Å². The number of nitrogens with one attached hydrogen (secondary N) is 1. The fourth-order valence-corrected chi connectivity index (χ4v) is 2.30. The van der Waals surface area contributed by atoms with Crippen molar-refractivity contribution in [1.29, 1.82) is 0 Å². The van der Waals surface area contributed by atoms with E-state index in [1.807, 2.05) is 0 Å². The van der Waals surface area contributed by atoms with E-state index in [9.17, 15) is 14.0 Å². The molecule has 1 aromatic carbocycles. The Kier molecular flexibility index (Phi) is 5.57. The number of nitrogens with zero attached hydrogens (tertiary/aromatic N) is 1. The third-order valence-corrected chi connectivity index (χ3v) is 3.57. The monoisotopic (exact) mass is 309 g/mol. The average molecular weight is 309 g/mol. The van der Waals surface area contributed by atoms with Crippen LogP contribution in [0.5, 0.6) is 5.75 Å². The summed E-state index contributed by atoms with van der Waals surface area (Å²) in [5.74, 6) is -0.817. The average Bonchev–Trinajstić information content (AvgIpc) is 2.98. The fraction of sp³-hybridized carbons (Fsp3) is 0.467. The van der Waals surface area contributed by atoms with Gasteiger partial charge in [-0.1, -0.05) is 12.1 Å². The van der Waals surface area contributed by atoms with Crippen LogP contribution in [0.2, 0.25) is 0 Å². The van der Waals surface area contributed by atoms with Gasteiger partial charge < -0.3 is 20.7 Å². The van der Waals surface area contributed by atoms with E-state index in [2.05, 4.69) is 5.32 Å². The lowest BCUT2D eigenvalue weighted by Crippen LogP contribution is -2.40. The number of ether oxygens (including phenoxy) is 1. The van der Waals surface area contributed by atoms with E-state index < -0.39 is 5.82 Å². The topological polar surface area (TPSA) is 84.7 Å². The van der Waals surface area contributed by atoms with Gasteiger partial charge in [0.15, 0.2) is 11.6 Å². The lowest BCUT2D eigenvalue weighted by molar-refractivity contribution is -0.121. The Balaban J connectivity index is 1.62. The van der Waals surface area contributed by atoms with Crippen molar-refractivity contribution < 1.29 is 18.7 Å². The summed E-state index contributed by atoms with van der Waals surface area (Å²) < 4.78 is 18.6. The summed E-state index contributed by atoms with van der Waals surface area (Å²) in [6.45, 7) is 1.63. The highest BCUT2D eigenvalue weighted by Crippen LogP contribution is 2.16. The molecule has 3 N–H and O–H groups in total. The molecule has 120 valence electrons. The number of benzene rings is 1. The molecule has 6 nitrogen and oxygen atoms in total. The van der Waals surface area contributed by atoms with Gasteiger partial charge in [-0.3, -0.25) is 4.79 Å². The number of likely N-dealkylation sites (tertiary alicyclic amines) is 1. The molecule has 1 aromatic rings. The van der Waals surface area contributed by atoms with Gasteiger partial charge in [0.25, 0.3) is 0 Å². The molecule has 0 saturated carbocycles. The van der Waals surface area contributed by atoms with Crippen LogP contribution in [0.15, 0.2) is 24.3 Å². The zero-order valence-corrected chi connectivity index (χ0v) is 12.3. The highest BCUT2D eigenvalue weighted by atomic mass is 19.1. The minimum atomic E-state index is -0.402. The minimum absolute atomic E-state index is 0.206. The minimum Gasteiger partial charge on any atom is -0.490 e. The molecular formula is C15H20FN3O3. The normalized spacial score (nSPS) is 17.3. The van der Waals surface area contributed by atoms with Crippen LogP contribution in [0.1, 0.15) is 12.8 Å². The summed E-state index contributed by atoms with van der Waals surface area (Å²) in [5, 5.41) is 2.75. The molecule has 0 spiro atoms. The molecule has 0 aliphatic carbocycles. The van der Waals surface area contributed by atoms with Gasteiger partial charge in [0, 0.05) is 19.6 Å². The number of para-hydroxylation sites is 1. The highest BCUT2D eigenvalue weighted by molar-refractivity contribution is 5.80. The Labute approximate surface area is 128 Å².